The number of aromatic amines is 1. The maximum atomic E-state index is 14.2. The first-order valence-electron chi connectivity index (χ1n) is 13.0. The maximum absolute atomic E-state index is 14.2. The van der Waals surface area contributed by atoms with Gasteiger partial charge in [-0.05, 0) is 34.9 Å². The van der Waals surface area contributed by atoms with Crippen LogP contribution in [0.4, 0.5) is 30.8 Å². The zero-order valence-electron chi connectivity index (χ0n) is 22.5. The highest BCUT2D eigenvalue weighted by Gasteiger charge is 2.18. The number of urea groups is 1. The standard InChI is InChI=1S/C30H28F2N8O/c1-19(2)17-40(18-20-8-4-3-5-9-20)28-16-22(33-30(41)35-26-13-12-21(31)14-25(26)32)15-27(34-28)23-10-6-7-11-24(23)29-36-38-39-37-29/h3-16,19H,17-18H2,1-2H3,(H2,33,34,35,41)(H,36,37,38,39). The van der Waals surface area contributed by atoms with Crippen molar-refractivity contribution in [2.24, 2.45) is 5.92 Å². The van der Waals surface area contributed by atoms with Crippen molar-refractivity contribution in [1.82, 2.24) is 25.6 Å². The molecule has 3 N–H and O–H groups in total. The van der Waals surface area contributed by atoms with Crippen molar-refractivity contribution in [1.29, 1.82) is 0 Å². The van der Waals surface area contributed by atoms with Gasteiger partial charge in [0.2, 0.25) is 5.82 Å². The highest BCUT2D eigenvalue weighted by Crippen LogP contribution is 2.33. The second-order valence-corrected chi connectivity index (χ2v) is 9.84. The lowest BCUT2D eigenvalue weighted by Crippen LogP contribution is -2.28. The van der Waals surface area contributed by atoms with Crippen molar-refractivity contribution < 1.29 is 13.6 Å². The van der Waals surface area contributed by atoms with Crippen LogP contribution in [0.1, 0.15) is 19.4 Å². The first kappa shape index (κ1) is 27.4. The number of benzene rings is 3. The number of hydrogen-bond donors (Lipinski definition) is 3. The molecule has 0 bridgehead atoms. The summed E-state index contributed by atoms with van der Waals surface area (Å²) < 4.78 is 27.5. The summed E-state index contributed by atoms with van der Waals surface area (Å²) in [5.41, 5.74) is 3.38. The molecule has 0 aliphatic heterocycles. The third kappa shape index (κ3) is 6.88. The summed E-state index contributed by atoms with van der Waals surface area (Å²) in [6.45, 7) is 5.53. The van der Waals surface area contributed by atoms with Gasteiger partial charge in [-0.25, -0.2) is 18.6 Å². The smallest absolute Gasteiger partial charge is 0.323 e. The number of amides is 2. The number of nitrogens with one attached hydrogen (secondary N) is 3. The molecule has 0 fully saturated rings. The quantitative estimate of drug-likeness (QED) is 0.191. The van der Waals surface area contributed by atoms with Crippen LogP contribution >= 0.6 is 0 Å². The van der Waals surface area contributed by atoms with Crippen LogP contribution in [0.2, 0.25) is 0 Å². The van der Waals surface area contributed by atoms with E-state index < -0.39 is 17.7 Å². The highest BCUT2D eigenvalue weighted by molar-refractivity contribution is 6.00. The molecule has 0 atom stereocenters. The van der Waals surface area contributed by atoms with E-state index in [1.165, 1.54) is 6.07 Å². The average Bonchev–Trinajstić information content (AvgIpc) is 3.49. The second-order valence-electron chi connectivity index (χ2n) is 9.84. The number of hydrogen-bond acceptors (Lipinski definition) is 6. The third-order valence-corrected chi connectivity index (χ3v) is 6.16. The third-order valence-electron chi connectivity index (χ3n) is 6.16. The van der Waals surface area contributed by atoms with Crippen LogP contribution in [0.3, 0.4) is 0 Å². The normalized spacial score (nSPS) is 11.0. The van der Waals surface area contributed by atoms with Crippen LogP contribution in [0, 0.1) is 17.6 Å². The van der Waals surface area contributed by atoms with E-state index in [-0.39, 0.29) is 5.69 Å². The molecular formula is C30H28F2N8O. The van der Waals surface area contributed by atoms with Crippen molar-refractivity contribution in [2.45, 2.75) is 20.4 Å². The summed E-state index contributed by atoms with van der Waals surface area (Å²) in [5, 5.41) is 19.6. The van der Waals surface area contributed by atoms with Gasteiger partial charge in [-0.3, -0.25) is 0 Å². The number of pyridine rings is 1. The van der Waals surface area contributed by atoms with Crippen LogP contribution in [-0.2, 0) is 6.54 Å². The van der Waals surface area contributed by atoms with Gasteiger partial charge >= 0.3 is 6.03 Å². The predicted molar refractivity (Wildman–Crippen MR) is 154 cm³/mol. The van der Waals surface area contributed by atoms with Crippen molar-refractivity contribution in [3.63, 3.8) is 0 Å². The van der Waals surface area contributed by atoms with Gasteiger partial charge in [0.1, 0.15) is 17.5 Å². The highest BCUT2D eigenvalue weighted by atomic mass is 19.1. The summed E-state index contributed by atoms with van der Waals surface area (Å²) in [6.07, 6.45) is 0. The van der Waals surface area contributed by atoms with Gasteiger partial charge in [0.05, 0.1) is 11.4 Å². The topological polar surface area (TPSA) is 112 Å². The SMILES string of the molecule is CC(C)CN(Cc1ccccc1)c1cc(NC(=O)Nc2ccc(F)cc2F)cc(-c2ccccc2-c2nn[nH]n2)n1. The van der Waals surface area contributed by atoms with E-state index in [0.29, 0.717) is 53.7 Å². The van der Waals surface area contributed by atoms with E-state index >= 15 is 0 Å². The van der Waals surface area contributed by atoms with E-state index in [9.17, 15) is 13.6 Å². The number of aromatic nitrogens is 5. The van der Waals surface area contributed by atoms with E-state index in [1.807, 2.05) is 54.6 Å². The molecule has 0 aliphatic carbocycles. The van der Waals surface area contributed by atoms with Crippen LogP contribution in [-0.4, -0.2) is 38.2 Å². The number of carbonyl (C=O) groups excluding carboxylic acids is 1. The second kappa shape index (κ2) is 12.3. The van der Waals surface area contributed by atoms with Crippen LogP contribution in [0.5, 0.6) is 0 Å². The average molecular weight is 555 g/mol. The van der Waals surface area contributed by atoms with Crippen LogP contribution in [0.15, 0.2) is 84.9 Å². The Morgan fingerprint density at radius 3 is 2.39 bits per heavy atom. The Morgan fingerprint density at radius 1 is 0.927 bits per heavy atom. The molecule has 0 aliphatic rings. The van der Waals surface area contributed by atoms with Gasteiger partial charge in [0.25, 0.3) is 0 Å². The van der Waals surface area contributed by atoms with Crippen molar-refractivity contribution in [2.75, 3.05) is 22.1 Å². The molecule has 3 aromatic carbocycles. The lowest BCUT2D eigenvalue weighted by Gasteiger charge is -2.27. The molecule has 11 heteroatoms. The van der Waals surface area contributed by atoms with Crippen LogP contribution in [0.25, 0.3) is 22.6 Å². The Bertz CT molecular complexity index is 1630. The van der Waals surface area contributed by atoms with Gasteiger partial charge < -0.3 is 15.5 Å². The zero-order chi connectivity index (χ0) is 28.8. The number of anilines is 3. The van der Waals surface area contributed by atoms with Gasteiger partial charge in [-0.2, -0.15) is 5.21 Å². The molecule has 2 heterocycles. The first-order valence-corrected chi connectivity index (χ1v) is 13.0. The maximum Gasteiger partial charge on any atom is 0.323 e. The minimum atomic E-state index is -0.878. The largest absolute Gasteiger partial charge is 0.352 e. The fraction of sp³-hybridized carbons (Fsp3) is 0.167. The Kier molecular flexibility index (Phi) is 8.23. The van der Waals surface area contributed by atoms with E-state index in [4.69, 9.17) is 4.98 Å². The molecule has 0 radical (unpaired) electrons. The number of rotatable bonds is 9. The van der Waals surface area contributed by atoms with Gasteiger partial charge in [0.15, 0.2) is 0 Å². The summed E-state index contributed by atoms with van der Waals surface area (Å²) in [6, 6.07) is 23.3. The van der Waals surface area contributed by atoms with Gasteiger partial charge in [-0.15, -0.1) is 10.2 Å². The molecule has 9 nitrogen and oxygen atoms in total. The Labute approximate surface area is 235 Å². The van der Waals surface area contributed by atoms with E-state index in [2.05, 4.69) is 50.0 Å². The molecule has 5 rings (SSSR count). The fourth-order valence-electron chi connectivity index (χ4n) is 4.42. The number of halogens is 2. The summed E-state index contributed by atoms with van der Waals surface area (Å²) in [4.78, 5) is 20.1. The van der Waals surface area contributed by atoms with Crippen LogP contribution < -0.4 is 15.5 Å². The van der Waals surface area contributed by atoms with Crippen molar-refractivity contribution in [3.8, 4) is 22.6 Å². The summed E-state index contributed by atoms with van der Waals surface area (Å²) >= 11 is 0. The monoisotopic (exact) mass is 554 g/mol. The molecule has 0 unspecified atom stereocenters. The summed E-state index contributed by atoms with van der Waals surface area (Å²) in [7, 11) is 0. The summed E-state index contributed by atoms with van der Waals surface area (Å²) in [5.74, 6) is -0.268. The van der Waals surface area contributed by atoms with Crippen molar-refractivity contribution >= 4 is 23.2 Å². The molecule has 2 aromatic heterocycles. The lowest BCUT2D eigenvalue weighted by atomic mass is 10.0. The Balaban J connectivity index is 1.55. The fourth-order valence-corrected chi connectivity index (χ4v) is 4.42. The lowest BCUT2D eigenvalue weighted by molar-refractivity contribution is 0.262. The number of nitrogens with zero attached hydrogens (tertiary/aromatic N) is 5. The minimum Gasteiger partial charge on any atom is -0.352 e. The molecular weight excluding hydrogens is 526 g/mol. The minimum absolute atomic E-state index is 0.147. The van der Waals surface area contributed by atoms with E-state index in [1.54, 1.807) is 12.1 Å². The molecule has 2 amide bonds. The number of carbonyl (C=O) groups is 1. The molecule has 5 aromatic rings. The van der Waals surface area contributed by atoms with Gasteiger partial charge in [0, 0.05) is 42.0 Å². The molecule has 208 valence electrons. The number of H-pyrrole nitrogens is 1. The number of tetrazole rings is 1. The zero-order valence-corrected chi connectivity index (χ0v) is 22.5. The Morgan fingerprint density at radius 2 is 1.68 bits per heavy atom. The molecule has 0 spiro atoms. The molecule has 41 heavy (non-hydrogen) atoms. The van der Waals surface area contributed by atoms with Gasteiger partial charge in [-0.1, -0.05) is 68.4 Å². The molecule has 0 saturated heterocycles. The van der Waals surface area contributed by atoms with Crippen molar-refractivity contribution in [3.05, 3.63) is 102 Å². The molecule has 0 saturated carbocycles. The van der Waals surface area contributed by atoms with E-state index in [0.717, 1.165) is 17.2 Å². The Hall–Kier alpha value is -5.19. The predicted octanol–water partition coefficient (Wildman–Crippen LogP) is 6.51. The first-order chi connectivity index (χ1) is 19.9.